The summed E-state index contributed by atoms with van der Waals surface area (Å²) in [5, 5.41) is 21.6. The molecule has 10 heteroatoms. The molecule has 1 saturated heterocycles. The highest BCUT2D eigenvalue weighted by Crippen LogP contribution is 2.55. The molecule has 3 aliphatic heterocycles. The van der Waals surface area contributed by atoms with E-state index < -0.39 is 41.2 Å². The molecule has 1 aromatic rings. The average Bonchev–Trinajstić information content (AvgIpc) is 3.56. The topological polar surface area (TPSA) is 124 Å². The number of esters is 2. The second-order valence-electron chi connectivity index (χ2n) is 11.7. The summed E-state index contributed by atoms with van der Waals surface area (Å²) in [6.45, 7) is 5.21. The second kappa shape index (κ2) is 10.3. The Morgan fingerprint density at radius 3 is 2.56 bits per heavy atom. The van der Waals surface area contributed by atoms with Crippen LogP contribution in [0.15, 0.2) is 24.0 Å². The minimum Gasteiger partial charge on any atom is -0.497 e. The molecule has 3 heterocycles. The van der Waals surface area contributed by atoms with Crippen molar-refractivity contribution in [3.63, 3.8) is 0 Å². The van der Waals surface area contributed by atoms with Gasteiger partial charge in [0, 0.05) is 6.54 Å². The van der Waals surface area contributed by atoms with Gasteiger partial charge >= 0.3 is 11.9 Å². The van der Waals surface area contributed by atoms with Crippen LogP contribution in [0.4, 0.5) is 0 Å². The van der Waals surface area contributed by atoms with E-state index in [4.69, 9.17) is 23.7 Å². The van der Waals surface area contributed by atoms with E-state index in [9.17, 15) is 19.8 Å². The van der Waals surface area contributed by atoms with Gasteiger partial charge in [-0.1, -0.05) is 0 Å². The first kappa shape index (κ1) is 27.7. The Morgan fingerprint density at radius 2 is 1.87 bits per heavy atom. The zero-order valence-electron chi connectivity index (χ0n) is 23.2. The molecule has 2 N–H and O–H groups in total. The SMILES string of the molecule is COC(=O)C[C@@](O)(CCCC(C)(C)O)C(=O)OC1C(OC)=C[C@]23CCCN2CCc2cc4c(cc2[C@H]13)OCO4. The maximum atomic E-state index is 13.8. The summed E-state index contributed by atoms with van der Waals surface area (Å²) >= 11 is 0. The molecule has 5 rings (SSSR count). The minimum absolute atomic E-state index is 0.0686. The van der Waals surface area contributed by atoms with Crippen LogP contribution in [0.1, 0.15) is 69.4 Å². The molecule has 10 nitrogen and oxygen atoms in total. The van der Waals surface area contributed by atoms with Gasteiger partial charge in [-0.15, -0.1) is 0 Å². The summed E-state index contributed by atoms with van der Waals surface area (Å²) in [7, 11) is 2.76. The highest BCUT2D eigenvalue weighted by atomic mass is 16.7. The standard InChI is InChI=1S/C29H39NO9/c1-27(2,33)8-5-10-29(34,16-23(31)36-4)26(32)39-25-22(35-3)15-28-9-6-11-30(28)12-7-18-13-20-21(38-17-37-20)14-19(18)24(25)28/h13-15,24-25,33-34H,5-12,16-17H2,1-4H3/t24-,25?,28+,29+/m1/s1. The van der Waals surface area contributed by atoms with Gasteiger partial charge in [0.15, 0.2) is 23.2 Å². The van der Waals surface area contributed by atoms with Crippen molar-refractivity contribution in [2.75, 3.05) is 34.1 Å². The molecule has 1 unspecified atom stereocenters. The minimum atomic E-state index is -2.12. The molecule has 4 atom stereocenters. The smallest absolute Gasteiger partial charge is 0.339 e. The fourth-order valence-corrected chi connectivity index (χ4v) is 6.71. The van der Waals surface area contributed by atoms with Crippen LogP contribution >= 0.6 is 0 Å². The van der Waals surface area contributed by atoms with Crippen molar-refractivity contribution in [2.24, 2.45) is 0 Å². The van der Waals surface area contributed by atoms with Crippen LogP contribution in [0.5, 0.6) is 11.5 Å². The lowest BCUT2D eigenvalue weighted by Gasteiger charge is -2.39. The molecule has 0 radical (unpaired) electrons. The number of ether oxygens (including phenoxy) is 5. The molecule has 0 saturated carbocycles. The van der Waals surface area contributed by atoms with Crippen molar-refractivity contribution in [3.05, 3.63) is 35.1 Å². The molecule has 0 amide bonds. The van der Waals surface area contributed by atoms with Crippen LogP contribution in [0.25, 0.3) is 0 Å². The van der Waals surface area contributed by atoms with Gasteiger partial charge in [-0.3, -0.25) is 9.69 Å². The molecular formula is C29H39NO9. The van der Waals surface area contributed by atoms with Crippen LogP contribution in [0, 0.1) is 0 Å². The van der Waals surface area contributed by atoms with Gasteiger partial charge in [0.25, 0.3) is 0 Å². The summed E-state index contributed by atoms with van der Waals surface area (Å²) in [6.07, 6.45) is 3.94. The van der Waals surface area contributed by atoms with Crippen LogP contribution < -0.4 is 9.47 Å². The second-order valence-corrected chi connectivity index (χ2v) is 11.7. The Kier molecular flexibility index (Phi) is 7.32. The molecular weight excluding hydrogens is 506 g/mol. The van der Waals surface area contributed by atoms with E-state index in [1.54, 1.807) is 21.0 Å². The average molecular weight is 546 g/mol. The Labute approximate surface area is 228 Å². The third-order valence-electron chi connectivity index (χ3n) is 8.62. The van der Waals surface area contributed by atoms with Crippen molar-refractivity contribution >= 4 is 11.9 Å². The molecule has 1 aromatic carbocycles. The first-order chi connectivity index (χ1) is 18.5. The van der Waals surface area contributed by atoms with Crippen molar-refractivity contribution in [1.82, 2.24) is 4.90 Å². The van der Waals surface area contributed by atoms with Crippen LogP contribution in [-0.2, 0) is 30.2 Å². The van der Waals surface area contributed by atoms with Crippen molar-refractivity contribution in [2.45, 2.75) is 87.6 Å². The number of hydrogen-bond acceptors (Lipinski definition) is 10. The lowest BCUT2D eigenvalue weighted by Crippen LogP contribution is -2.49. The first-order valence-corrected chi connectivity index (χ1v) is 13.7. The largest absolute Gasteiger partial charge is 0.497 e. The van der Waals surface area contributed by atoms with Crippen LogP contribution in [0.3, 0.4) is 0 Å². The molecule has 1 fully saturated rings. The Balaban J connectivity index is 1.50. The maximum Gasteiger partial charge on any atom is 0.339 e. The number of methoxy groups -OCH3 is 2. The molecule has 1 aliphatic carbocycles. The van der Waals surface area contributed by atoms with Gasteiger partial charge in [-0.2, -0.15) is 0 Å². The normalized spacial score (nSPS) is 27.0. The Bertz CT molecular complexity index is 1160. The van der Waals surface area contributed by atoms with Gasteiger partial charge in [0.2, 0.25) is 6.79 Å². The predicted octanol–water partition coefficient (Wildman–Crippen LogP) is 2.58. The highest BCUT2D eigenvalue weighted by molar-refractivity contribution is 5.86. The van der Waals surface area contributed by atoms with E-state index in [1.165, 1.54) is 7.11 Å². The number of fused-ring (bicyclic) bond motifs is 3. The number of hydrogen-bond donors (Lipinski definition) is 2. The number of nitrogens with zero attached hydrogens (tertiary/aromatic N) is 1. The van der Waals surface area contributed by atoms with Crippen LogP contribution in [0.2, 0.25) is 0 Å². The number of carbonyl (C=O) groups is 2. The quantitative estimate of drug-likeness (QED) is 0.448. The molecule has 0 aromatic heterocycles. The molecule has 39 heavy (non-hydrogen) atoms. The van der Waals surface area contributed by atoms with E-state index in [2.05, 4.69) is 11.0 Å². The first-order valence-electron chi connectivity index (χ1n) is 13.7. The number of carbonyl (C=O) groups excluding carboxylic acids is 2. The molecule has 4 aliphatic rings. The summed E-state index contributed by atoms with van der Waals surface area (Å²) in [5.74, 6) is -0.0645. The highest BCUT2D eigenvalue weighted by Gasteiger charge is 2.59. The summed E-state index contributed by atoms with van der Waals surface area (Å²) < 4.78 is 28.1. The van der Waals surface area contributed by atoms with Gasteiger partial charge in [-0.25, -0.2) is 4.79 Å². The van der Waals surface area contributed by atoms with E-state index in [0.29, 0.717) is 30.1 Å². The zero-order valence-corrected chi connectivity index (χ0v) is 23.2. The summed E-state index contributed by atoms with van der Waals surface area (Å²) in [4.78, 5) is 28.4. The van der Waals surface area contributed by atoms with Gasteiger partial charge in [-0.05, 0) is 88.3 Å². The van der Waals surface area contributed by atoms with Gasteiger partial charge in [0.05, 0.1) is 37.7 Å². The third kappa shape index (κ3) is 5.10. The number of aliphatic hydroxyl groups is 2. The number of benzene rings is 1. The number of rotatable bonds is 9. The monoisotopic (exact) mass is 545 g/mol. The van der Waals surface area contributed by atoms with Crippen molar-refractivity contribution in [3.8, 4) is 11.5 Å². The van der Waals surface area contributed by atoms with Gasteiger partial charge in [0.1, 0.15) is 5.76 Å². The van der Waals surface area contributed by atoms with E-state index in [0.717, 1.165) is 43.5 Å². The Hall–Kier alpha value is -2.82. The van der Waals surface area contributed by atoms with Crippen LogP contribution in [-0.4, -0.2) is 84.0 Å². The lowest BCUT2D eigenvalue weighted by molar-refractivity contribution is -0.178. The van der Waals surface area contributed by atoms with Gasteiger partial charge < -0.3 is 33.9 Å². The van der Waals surface area contributed by atoms with Crippen molar-refractivity contribution < 1.29 is 43.5 Å². The van der Waals surface area contributed by atoms with E-state index >= 15 is 0 Å². The summed E-state index contributed by atoms with van der Waals surface area (Å²) in [6, 6.07) is 4.00. The molecule has 214 valence electrons. The third-order valence-corrected chi connectivity index (χ3v) is 8.62. The predicted molar refractivity (Wildman–Crippen MR) is 139 cm³/mol. The fourth-order valence-electron chi connectivity index (χ4n) is 6.71. The van der Waals surface area contributed by atoms with Crippen molar-refractivity contribution in [1.29, 1.82) is 0 Å². The zero-order chi connectivity index (χ0) is 28.0. The fraction of sp³-hybridized carbons (Fsp3) is 0.655. The lowest BCUT2D eigenvalue weighted by atomic mass is 9.77. The summed E-state index contributed by atoms with van der Waals surface area (Å²) in [5.41, 5.74) is -1.42. The Morgan fingerprint density at radius 1 is 1.13 bits per heavy atom. The maximum absolute atomic E-state index is 13.8. The molecule has 1 spiro atoms. The van der Waals surface area contributed by atoms with E-state index in [1.807, 2.05) is 12.1 Å². The molecule has 0 bridgehead atoms. The van der Waals surface area contributed by atoms with E-state index in [-0.39, 0.29) is 19.1 Å².